The van der Waals surface area contributed by atoms with Gasteiger partial charge in [-0.3, -0.25) is 42.1 Å². The van der Waals surface area contributed by atoms with E-state index in [0.29, 0.717) is 54.0 Å². The summed E-state index contributed by atoms with van der Waals surface area (Å²) in [6.07, 6.45) is 28.2. The van der Waals surface area contributed by atoms with Gasteiger partial charge in [0.2, 0.25) is 24.4 Å². The molecule has 3 fully saturated rings. The molecule has 40 heteroatoms. The van der Waals surface area contributed by atoms with Crippen LogP contribution in [0.1, 0.15) is 240 Å². The van der Waals surface area contributed by atoms with Crippen LogP contribution >= 0.6 is 0 Å². The van der Waals surface area contributed by atoms with Crippen molar-refractivity contribution in [2.75, 3.05) is 0 Å². The van der Waals surface area contributed by atoms with Crippen molar-refractivity contribution in [2.45, 2.75) is 244 Å². The zero-order chi connectivity index (χ0) is 104. The van der Waals surface area contributed by atoms with E-state index in [1.54, 1.807) is 56.6 Å². The summed E-state index contributed by atoms with van der Waals surface area (Å²) in [7, 11) is 0. The zero-order valence-electron chi connectivity index (χ0n) is 81.4. The fraction of sp³-hybridized carbons (Fsp3) is 0.398. The average molecular weight is 2030 g/mol. The SMILES string of the molecule is C.C.C.CC(C)(C)C(=O)OCn1ccc2c(-c3cnn(C(CC#N)C4CCCC4)c3)ncnc21.CC(C)(C)C(=O)OCn1ccc2c(-c3cnn([C@H](CC#N)C4CCCC4)c3)ncnc21.CC(C)(C)C(=O)OCn1ccc2c(-c3cnn([C@H](CC#N)C4CCCC4)c3)ncnc21.O=C(O[C@H](C(=O)O)[C@H](OC(=O)c1ccccc1)C(=O)O)c1ccccc1.O=C(O[C@H](C(=O)O)[C@H](OC(=O)c1ccccc1)C(=O)O)c1ccccc1. The number of aliphatic carboxylic acids is 4. The van der Waals surface area contributed by atoms with E-state index in [1.165, 1.54) is 155 Å². The Morgan fingerprint density at radius 2 is 0.554 bits per heavy atom. The second-order valence-corrected chi connectivity index (χ2v) is 37.8. The number of rotatable bonds is 32. The molecule has 7 atom stereocenters. The molecule has 3 aliphatic carbocycles. The smallest absolute Gasteiger partial charge is 0.349 e. The zero-order valence-corrected chi connectivity index (χ0v) is 81.4. The third kappa shape index (κ3) is 29.9. The topological polar surface area (TPSA) is 550 Å². The molecule has 9 aromatic heterocycles. The van der Waals surface area contributed by atoms with Gasteiger partial charge in [0, 0.05) is 70.0 Å². The fourth-order valence-corrected chi connectivity index (χ4v) is 16.7. The van der Waals surface area contributed by atoms with Crippen molar-refractivity contribution in [3.8, 4) is 52.0 Å². The van der Waals surface area contributed by atoms with Crippen molar-refractivity contribution in [3.63, 3.8) is 0 Å². The molecule has 4 N–H and O–H groups in total. The molecule has 40 nitrogen and oxygen atoms in total. The predicted molar refractivity (Wildman–Crippen MR) is 540 cm³/mol. The molecular formula is C108H124N18O22. The maximum Gasteiger partial charge on any atom is 0.349 e. The minimum Gasteiger partial charge on any atom is -0.478 e. The molecule has 3 aliphatic rings. The number of aromatic nitrogens is 15. The lowest BCUT2D eigenvalue weighted by atomic mass is 9.96. The monoisotopic (exact) mass is 2020 g/mol. The van der Waals surface area contributed by atoms with Crippen molar-refractivity contribution in [1.82, 2.24) is 72.9 Å². The molecule has 1 unspecified atom stereocenters. The highest BCUT2D eigenvalue weighted by molar-refractivity contribution is 5.98. The number of carboxylic acid groups (broad SMARTS) is 4. The van der Waals surface area contributed by atoms with E-state index in [1.807, 2.05) is 132 Å². The lowest BCUT2D eigenvalue weighted by Crippen LogP contribution is -2.45. The molecule has 13 aromatic rings. The van der Waals surface area contributed by atoms with Gasteiger partial charge in [-0.25, -0.2) is 68.3 Å². The van der Waals surface area contributed by atoms with Crippen LogP contribution in [0.15, 0.2) is 214 Å². The van der Waals surface area contributed by atoms with Crippen LogP contribution in [-0.4, -0.2) is 183 Å². The Morgan fingerprint density at radius 1 is 0.338 bits per heavy atom. The number of esters is 7. The van der Waals surface area contributed by atoms with Gasteiger partial charge in [-0.2, -0.15) is 31.1 Å². The van der Waals surface area contributed by atoms with E-state index in [0.717, 1.165) is 88.5 Å². The molecule has 4 aromatic carbocycles. The van der Waals surface area contributed by atoms with Gasteiger partial charge in [0.05, 0.1) is 130 Å². The number of hydrogen-bond donors (Lipinski definition) is 4. The third-order valence-electron chi connectivity index (χ3n) is 24.4. The lowest BCUT2D eigenvalue weighted by Gasteiger charge is -2.21. The Bertz CT molecular complexity index is 6130. The van der Waals surface area contributed by atoms with Crippen molar-refractivity contribution in [2.24, 2.45) is 34.0 Å². The molecule has 148 heavy (non-hydrogen) atoms. The summed E-state index contributed by atoms with van der Waals surface area (Å²) in [5.74, 6) is -10.6. The van der Waals surface area contributed by atoms with Gasteiger partial charge in [-0.05, 0) is 185 Å². The second-order valence-electron chi connectivity index (χ2n) is 37.8. The summed E-state index contributed by atoms with van der Waals surface area (Å²) in [6, 6.07) is 42.7. The molecule has 0 saturated heterocycles. The lowest BCUT2D eigenvalue weighted by molar-refractivity contribution is -0.166. The highest BCUT2D eigenvalue weighted by Gasteiger charge is 2.44. The van der Waals surface area contributed by atoms with Gasteiger partial charge >= 0.3 is 65.7 Å². The summed E-state index contributed by atoms with van der Waals surface area (Å²) >= 11 is 0. The van der Waals surface area contributed by atoms with Crippen LogP contribution in [0.25, 0.3) is 66.9 Å². The number of fused-ring (bicyclic) bond motifs is 3. The molecule has 778 valence electrons. The number of benzene rings is 4. The Balaban J connectivity index is 0.000000205. The number of carboxylic acids is 4. The van der Waals surface area contributed by atoms with Crippen molar-refractivity contribution < 1.29 is 106 Å². The maximum atomic E-state index is 12.1. The first-order valence-corrected chi connectivity index (χ1v) is 47.1. The normalized spacial score (nSPS) is 14.3. The third-order valence-corrected chi connectivity index (χ3v) is 24.4. The van der Waals surface area contributed by atoms with Crippen molar-refractivity contribution in [3.05, 3.63) is 237 Å². The highest BCUT2D eigenvalue weighted by atomic mass is 16.6. The van der Waals surface area contributed by atoms with Gasteiger partial charge in [-0.15, -0.1) is 0 Å². The van der Waals surface area contributed by atoms with Crippen LogP contribution in [0.2, 0.25) is 0 Å². The molecule has 0 aliphatic heterocycles. The first-order valence-electron chi connectivity index (χ1n) is 47.1. The number of nitriles is 3. The van der Waals surface area contributed by atoms with Crippen LogP contribution in [0.4, 0.5) is 0 Å². The number of ether oxygens (including phenoxy) is 7. The van der Waals surface area contributed by atoms with Crippen molar-refractivity contribution >= 4 is 98.8 Å². The number of carbonyl (C=O) groups excluding carboxylic acids is 7. The van der Waals surface area contributed by atoms with Gasteiger partial charge < -0.3 is 53.6 Å². The Hall–Kier alpha value is -17.0. The summed E-state index contributed by atoms with van der Waals surface area (Å²) in [4.78, 5) is 157. The van der Waals surface area contributed by atoms with Crippen LogP contribution in [0, 0.1) is 68.0 Å². The summed E-state index contributed by atoms with van der Waals surface area (Å²) in [5, 5.41) is 81.3. The van der Waals surface area contributed by atoms with Gasteiger partial charge in [-0.1, -0.05) is 134 Å². The largest absolute Gasteiger partial charge is 0.478 e. The number of hydrogen-bond acceptors (Lipinski definition) is 30. The molecule has 3 saturated carbocycles. The van der Waals surface area contributed by atoms with Crippen LogP contribution in [0.5, 0.6) is 0 Å². The molecule has 0 spiro atoms. The van der Waals surface area contributed by atoms with E-state index >= 15 is 0 Å². The van der Waals surface area contributed by atoms with Gasteiger partial charge in [0.25, 0.3) is 0 Å². The van der Waals surface area contributed by atoms with Crippen LogP contribution in [-0.2, 0) is 86.9 Å². The Labute approximate surface area is 855 Å². The Kier molecular flexibility index (Phi) is 41.1. The van der Waals surface area contributed by atoms with E-state index in [-0.39, 0.29) is 101 Å². The summed E-state index contributed by atoms with van der Waals surface area (Å²) in [5.41, 5.74) is 5.51. The number of nitrogens with zero attached hydrogens (tertiary/aromatic N) is 18. The minimum atomic E-state index is -2.21. The molecule has 9 heterocycles. The van der Waals surface area contributed by atoms with Gasteiger partial charge in [0.15, 0.2) is 20.2 Å². The standard InChI is InChI=1S/3C23H28N6O2.2C18H14O8.3CH4/c3*1-23(2,3)22(30)31-15-28-11-9-18-20(25-14-26-21(18)28)17-12-27-29(13-17)19(8-10-24)16-6-4-5-7-16;2*19-15(20)13(25-17(23)11-7-3-1-4-8-11)14(16(21)22)26-18(24)12-9-5-2-6-10-12;;;/h3*9,11-14,16,19H,4-8,15H2,1-3H3;2*1-10,13-14H,(H,19,20)(H,21,22);3*1H4/t2*19-;;2*13-,14-;;;/m11.00.../s1. The van der Waals surface area contributed by atoms with E-state index < -0.39 is 88.4 Å². The second kappa shape index (κ2) is 53.0. The van der Waals surface area contributed by atoms with Crippen LogP contribution in [0.3, 0.4) is 0 Å². The Morgan fingerprint density at radius 3 is 0.750 bits per heavy atom. The van der Waals surface area contributed by atoms with Crippen molar-refractivity contribution in [1.29, 1.82) is 15.8 Å². The fourth-order valence-electron chi connectivity index (χ4n) is 16.7. The molecule has 0 bridgehead atoms. The van der Waals surface area contributed by atoms with E-state index in [4.69, 9.17) is 33.2 Å². The molecule has 0 amide bonds. The molecule has 0 radical (unpaired) electrons. The highest BCUT2D eigenvalue weighted by Crippen LogP contribution is 2.41. The van der Waals surface area contributed by atoms with E-state index in [2.05, 4.69) is 63.4 Å². The summed E-state index contributed by atoms with van der Waals surface area (Å²) in [6.45, 7) is 16.7. The average Bonchev–Trinajstić information content (AvgIpc) is 1.64. The maximum absolute atomic E-state index is 12.1. The molecule has 16 rings (SSSR count). The minimum absolute atomic E-state index is 0. The quantitative estimate of drug-likeness (QED) is 0.0225. The first-order chi connectivity index (χ1) is 69.4. The van der Waals surface area contributed by atoms with Crippen LogP contribution < -0.4 is 0 Å². The summed E-state index contributed by atoms with van der Waals surface area (Å²) < 4.78 is 46.6. The molecular weight excluding hydrogens is 1900 g/mol. The van der Waals surface area contributed by atoms with E-state index in [9.17, 15) is 89.0 Å². The first kappa shape index (κ1) is 115. The predicted octanol–water partition coefficient (Wildman–Crippen LogP) is 18.6. The number of carbonyl (C=O) groups is 11. The van der Waals surface area contributed by atoms with Gasteiger partial charge in [0.1, 0.15) is 35.9 Å².